The zero-order valence-corrected chi connectivity index (χ0v) is 12.4. The van der Waals surface area contributed by atoms with Crippen molar-refractivity contribution in [1.29, 1.82) is 5.26 Å². The van der Waals surface area contributed by atoms with E-state index in [-0.39, 0.29) is 6.09 Å². The van der Waals surface area contributed by atoms with E-state index in [2.05, 4.69) is 11.2 Å². The summed E-state index contributed by atoms with van der Waals surface area (Å²) in [7, 11) is 0. The second-order valence-corrected chi connectivity index (χ2v) is 6.30. The number of rotatable bonds is 2. The third-order valence-electron chi connectivity index (χ3n) is 3.24. The van der Waals surface area contributed by atoms with Crippen LogP contribution in [0.4, 0.5) is 4.79 Å². The monoisotopic (exact) mass is 276 g/mol. The van der Waals surface area contributed by atoms with Gasteiger partial charge in [-0.1, -0.05) is 0 Å². The molecule has 0 N–H and O–H groups in total. The van der Waals surface area contributed by atoms with Crippen LogP contribution in [-0.4, -0.2) is 39.5 Å². The Morgan fingerprint density at radius 1 is 1.55 bits per heavy atom. The van der Waals surface area contributed by atoms with Gasteiger partial charge in [0.15, 0.2) is 0 Å². The van der Waals surface area contributed by atoms with Crippen LogP contribution in [-0.2, 0) is 10.3 Å². The molecule has 1 fully saturated rings. The Labute approximate surface area is 118 Å². The van der Waals surface area contributed by atoms with Crippen LogP contribution >= 0.6 is 0 Å². The van der Waals surface area contributed by atoms with Gasteiger partial charge in [0.05, 0.1) is 31.3 Å². The average Bonchev–Trinajstić information content (AvgIpc) is 2.67. The molecule has 1 aliphatic heterocycles. The third kappa shape index (κ3) is 2.77. The van der Waals surface area contributed by atoms with Crippen LogP contribution in [0.1, 0.15) is 32.9 Å². The van der Waals surface area contributed by atoms with Gasteiger partial charge in [0.25, 0.3) is 0 Å². The number of hydrogen-bond acceptors (Lipinski definition) is 4. The number of aryl methyl sites for hydroxylation is 1. The summed E-state index contributed by atoms with van der Waals surface area (Å²) in [5.74, 6) is 0. The summed E-state index contributed by atoms with van der Waals surface area (Å²) in [4.78, 5) is 13.6. The lowest BCUT2D eigenvalue weighted by atomic mass is 9.87. The van der Waals surface area contributed by atoms with Crippen molar-refractivity contribution in [3.8, 4) is 6.07 Å². The van der Waals surface area contributed by atoms with Crippen LogP contribution < -0.4 is 0 Å². The van der Waals surface area contributed by atoms with Gasteiger partial charge in [0, 0.05) is 6.20 Å². The molecule has 0 atom stereocenters. The number of ether oxygens (including phenoxy) is 1. The molecule has 6 nitrogen and oxygen atoms in total. The van der Waals surface area contributed by atoms with E-state index in [1.165, 1.54) is 0 Å². The molecule has 0 aliphatic carbocycles. The molecule has 0 saturated carbocycles. The summed E-state index contributed by atoms with van der Waals surface area (Å²) in [6.07, 6.45) is 1.85. The fraction of sp³-hybridized carbons (Fsp3) is 0.643. The normalized spacial score (nSPS) is 17.2. The molecular formula is C14H20N4O2. The highest BCUT2D eigenvalue weighted by molar-refractivity contribution is 5.69. The van der Waals surface area contributed by atoms with Crippen molar-refractivity contribution in [2.75, 3.05) is 13.1 Å². The molecule has 0 unspecified atom stereocenters. The topological polar surface area (TPSA) is 71.2 Å². The van der Waals surface area contributed by atoms with Crippen molar-refractivity contribution in [3.63, 3.8) is 0 Å². The summed E-state index contributed by atoms with van der Waals surface area (Å²) in [6.45, 7) is 8.33. The summed E-state index contributed by atoms with van der Waals surface area (Å²) in [5.41, 5.74) is -0.0229. The van der Waals surface area contributed by atoms with Crippen LogP contribution in [0.2, 0.25) is 0 Å². The molecule has 1 aromatic heterocycles. The van der Waals surface area contributed by atoms with Crippen molar-refractivity contribution in [1.82, 2.24) is 14.7 Å². The van der Waals surface area contributed by atoms with Crippen LogP contribution in [0.25, 0.3) is 0 Å². The maximum atomic E-state index is 12.0. The van der Waals surface area contributed by atoms with Crippen molar-refractivity contribution in [3.05, 3.63) is 18.0 Å². The molecule has 6 heteroatoms. The molecule has 1 saturated heterocycles. The minimum Gasteiger partial charge on any atom is -0.444 e. The van der Waals surface area contributed by atoms with Gasteiger partial charge in [0.2, 0.25) is 0 Å². The predicted molar refractivity (Wildman–Crippen MR) is 73.0 cm³/mol. The first-order valence-corrected chi connectivity index (χ1v) is 6.63. The standard InChI is InChI=1S/C14H20N4O2/c1-11-5-8-18(16-11)14(6-7-15)9-17(10-14)12(19)20-13(2,3)4/h5,8H,6,9-10H2,1-4H3. The first kappa shape index (κ1) is 14.4. The number of aromatic nitrogens is 2. The van der Waals surface area contributed by atoms with Crippen LogP contribution in [0.15, 0.2) is 12.3 Å². The van der Waals surface area contributed by atoms with E-state index in [9.17, 15) is 4.79 Å². The Morgan fingerprint density at radius 3 is 2.65 bits per heavy atom. The zero-order chi connectivity index (χ0) is 15.0. The lowest BCUT2D eigenvalue weighted by molar-refractivity contribution is -0.0314. The number of amides is 1. The number of carbonyl (C=O) groups excluding carboxylic acids is 1. The maximum Gasteiger partial charge on any atom is 0.410 e. The van der Waals surface area contributed by atoms with Gasteiger partial charge in [0.1, 0.15) is 11.1 Å². The smallest absolute Gasteiger partial charge is 0.410 e. The largest absolute Gasteiger partial charge is 0.444 e. The van der Waals surface area contributed by atoms with E-state index in [0.717, 1.165) is 5.69 Å². The lowest BCUT2D eigenvalue weighted by Gasteiger charge is -2.48. The highest BCUT2D eigenvalue weighted by atomic mass is 16.6. The molecular weight excluding hydrogens is 256 g/mol. The first-order valence-electron chi connectivity index (χ1n) is 6.63. The zero-order valence-electron chi connectivity index (χ0n) is 12.4. The molecule has 0 radical (unpaired) electrons. The van der Waals surface area contributed by atoms with Crippen LogP contribution in [0.5, 0.6) is 0 Å². The Balaban J connectivity index is 2.07. The highest BCUT2D eigenvalue weighted by Crippen LogP contribution is 2.33. The fourth-order valence-electron chi connectivity index (χ4n) is 2.28. The lowest BCUT2D eigenvalue weighted by Crippen LogP contribution is -2.64. The Morgan fingerprint density at radius 2 is 2.20 bits per heavy atom. The van der Waals surface area contributed by atoms with E-state index in [1.54, 1.807) is 9.58 Å². The maximum absolute atomic E-state index is 12.0. The van der Waals surface area contributed by atoms with E-state index >= 15 is 0 Å². The minimum atomic E-state index is -0.507. The summed E-state index contributed by atoms with van der Waals surface area (Å²) in [5, 5.41) is 13.4. The summed E-state index contributed by atoms with van der Waals surface area (Å²) in [6, 6.07) is 4.08. The Kier molecular flexibility index (Phi) is 3.46. The van der Waals surface area contributed by atoms with E-state index in [1.807, 2.05) is 40.0 Å². The summed E-state index contributed by atoms with van der Waals surface area (Å²) >= 11 is 0. The van der Waals surface area contributed by atoms with Gasteiger partial charge in [-0.15, -0.1) is 0 Å². The number of carbonyl (C=O) groups is 1. The van der Waals surface area contributed by atoms with E-state index < -0.39 is 11.1 Å². The van der Waals surface area contributed by atoms with Crippen molar-refractivity contribution in [2.24, 2.45) is 0 Å². The van der Waals surface area contributed by atoms with Gasteiger partial charge >= 0.3 is 6.09 Å². The van der Waals surface area contributed by atoms with Gasteiger partial charge < -0.3 is 9.64 Å². The molecule has 1 amide bonds. The van der Waals surface area contributed by atoms with E-state index in [4.69, 9.17) is 10.00 Å². The minimum absolute atomic E-state index is 0.327. The Hall–Kier alpha value is -2.03. The quantitative estimate of drug-likeness (QED) is 0.828. The predicted octanol–water partition coefficient (Wildman–Crippen LogP) is 2.05. The number of nitriles is 1. The summed E-state index contributed by atoms with van der Waals surface area (Å²) < 4.78 is 7.13. The average molecular weight is 276 g/mol. The fourth-order valence-corrected chi connectivity index (χ4v) is 2.28. The first-order chi connectivity index (χ1) is 9.26. The van der Waals surface area contributed by atoms with Crippen LogP contribution in [0, 0.1) is 18.3 Å². The second-order valence-electron chi connectivity index (χ2n) is 6.30. The van der Waals surface area contributed by atoms with E-state index in [0.29, 0.717) is 19.5 Å². The van der Waals surface area contributed by atoms with Gasteiger partial charge in [-0.25, -0.2) is 4.79 Å². The molecule has 2 rings (SSSR count). The van der Waals surface area contributed by atoms with Gasteiger partial charge in [-0.2, -0.15) is 10.4 Å². The highest BCUT2D eigenvalue weighted by Gasteiger charge is 2.48. The Bertz CT molecular complexity index is 544. The van der Waals surface area contributed by atoms with Crippen LogP contribution in [0.3, 0.4) is 0 Å². The van der Waals surface area contributed by atoms with Crippen molar-refractivity contribution >= 4 is 6.09 Å². The molecule has 2 heterocycles. The SMILES string of the molecule is Cc1ccn(C2(CC#N)CN(C(=O)OC(C)(C)C)C2)n1. The van der Waals surface area contributed by atoms with Gasteiger partial charge in [-0.05, 0) is 33.8 Å². The molecule has 0 bridgehead atoms. The number of likely N-dealkylation sites (tertiary alicyclic amines) is 1. The van der Waals surface area contributed by atoms with Crippen molar-refractivity contribution < 1.29 is 9.53 Å². The van der Waals surface area contributed by atoms with Gasteiger partial charge in [-0.3, -0.25) is 4.68 Å². The molecule has 0 aromatic carbocycles. The third-order valence-corrected chi connectivity index (χ3v) is 3.24. The second kappa shape index (κ2) is 4.82. The van der Waals surface area contributed by atoms with Crippen molar-refractivity contribution in [2.45, 2.75) is 45.3 Å². The molecule has 1 aliphatic rings. The molecule has 20 heavy (non-hydrogen) atoms. The molecule has 108 valence electrons. The number of nitrogens with zero attached hydrogens (tertiary/aromatic N) is 4. The molecule has 1 aromatic rings. The number of hydrogen-bond donors (Lipinski definition) is 0. The molecule has 0 spiro atoms.